The number of rotatable bonds is 8. The Hall–Kier alpha value is -0.770. The van der Waals surface area contributed by atoms with Crippen LogP contribution in [0.15, 0.2) is 24.3 Å². The van der Waals surface area contributed by atoms with Crippen LogP contribution in [0.1, 0.15) is 6.92 Å². The van der Waals surface area contributed by atoms with Crippen molar-refractivity contribution in [3.05, 3.63) is 29.3 Å². The molecule has 0 spiro atoms. The summed E-state index contributed by atoms with van der Waals surface area (Å²) in [6.45, 7) is 5.73. The zero-order valence-electron chi connectivity index (χ0n) is 9.54. The molecule has 0 aliphatic heterocycles. The summed E-state index contributed by atoms with van der Waals surface area (Å²) in [7, 11) is 0. The third kappa shape index (κ3) is 5.35. The molecule has 0 fully saturated rings. The van der Waals surface area contributed by atoms with E-state index in [1.165, 1.54) is 0 Å². The molecular weight excluding hydrogens is 226 g/mol. The van der Waals surface area contributed by atoms with Crippen molar-refractivity contribution in [3.63, 3.8) is 0 Å². The third-order valence-corrected chi connectivity index (χ3v) is 2.31. The molecular formula is C12H18ClNO2. The van der Waals surface area contributed by atoms with Crippen molar-refractivity contribution >= 4 is 11.6 Å². The lowest BCUT2D eigenvalue weighted by atomic mass is 10.3. The number of nitrogens with one attached hydrogen (secondary N) is 1. The zero-order chi connectivity index (χ0) is 11.6. The summed E-state index contributed by atoms with van der Waals surface area (Å²) in [4.78, 5) is 0. The molecule has 90 valence electrons. The molecule has 1 aromatic carbocycles. The fraction of sp³-hybridized carbons (Fsp3) is 0.500. The fourth-order valence-corrected chi connectivity index (χ4v) is 1.40. The highest BCUT2D eigenvalue weighted by Gasteiger charge is 1.98. The molecule has 1 N–H and O–H groups in total. The maximum Gasteiger partial charge on any atom is 0.137 e. The molecule has 0 unspecified atom stereocenters. The first-order valence-electron chi connectivity index (χ1n) is 5.50. The van der Waals surface area contributed by atoms with Crippen LogP contribution in [-0.4, -0.2) is 32.9 Å². The number of para-hydroxylation sites is 1. The van der Waals surface area contributed by atoms with Crippen LogP contribution in [0.3, 0.4) is 0 Å². The van der Waals surface area contributed by atoms with Crippen molar-refractivity contribution in [2.45, 2.75) is 6.92 Å². The minimum absolute atomic E-state index is 0.607. The molecule has 0 radical (unpaired) electrons. The minimum atomic E-state index is 0.607. The van der Waals surface area contributed by atoms with E-state index in [2.05, 4.69) is 5.32 Å². The van der Waals surface area contributed by atoms with E-state index in [1.807, 2.05) is 31.2 Å². The Morgan fingerprint density at radius 1 is 1.19 bits per heavy atom. The smallest absolute Gasteiger partial charge is 0.137 e. The lowest BCUT2D eigenvalue weighted by Crippen LogP contribution is -2.25. The second kappa shape index (κ2) is 8.39. The minimum Gasteiger partial charge on any atom is -0.491 e. The van der Waals surface area contributed by atoms with Gasteiger partial charge in [-0.05, 0) is 19.1 Å². The van der Waals surface area contributed by atoms with Crippen molar-refractivity contribution in [3.8, 4) is 5.75 Å². The fourth-order valence-electron chi connectivity index (χ4n) is 1.21. The maximum atomic E-state index is 5.94. The van der Waals surface area contributed by atoms with Gasteiger partial charge in [-0.15, -0.1) is 0 Å². The summed E-state index contributed by atoms with van der Waals surface area (Å²) in [6, 6.07) is 7.47. The van der Waals surface area contributed by atoms with Gasteiger partial charge in [0.25, 0.3) is 0 Å². The molecule has 0 heterocycles. The molecule has 3 nitrogen and oxygen atoms in total. The first-order chi connectivity index (χ1) is 7.84. The summed E-state index contributed by atoms with van der Waals surface area (Å²) in [5.41, 5.74) is 0. The third-order valence-electron chi connectivity index (χ3n) is 2.00. The molecule has 0 atom stereocenters. The van der Waals surface area contributed by atoms with Crippen LogP contribution >= 0.6 is 11.6 Å². The topological polar surface area (TPSA) is 30.5 Å². The molecule has 4 heteroatoms. The van der Waals surface area contributed by atoms with E-state index in [0.29, 0.717) is 11.6 Å². The Kier molecular flexibility index (Phi) is 6.97. The summed E-state index contributed by atoms with van der Waals surface area (Å²) in [6.07, 6.45) is 0. The summed E-state index contributed by atoms with van der Waals surface area (Å²) < 4.78 is 10.7. The normalized spacial score (nSPS) is 10.4. The number of hydrogen-bond donors (Lipinski definition) is 1. The van der Waals surface area contributed by atoms with Crippen molar-refractivity contribution in [1.82, 2.24) is 5.32 Å². The Morgan fingerprint density at radius 2 is 1.94 bits per heavy atom. The molecule has 0 aliphatic rings. The van der Waals surface area contributed by atoms with Gasteiger partial charge in [-0.1, -0.05) is 23.7 Å². The molecule has 1 aromatic rings. The van der Waals surface area contributed by atoms with Gasteiger partial charge in [0.1, 0.15) is 12.4 Å². The first-order valence-corrected chi connectivity index (χ1v) is 5.88. The van der Waals surface area contributed by atoms with Gasteiger partial charge in [0, 0.05) is 19.7 Å². The van der Waals surface area contributed by atoms with Gasteiger partial charge < -0.3 is 14.8 Å². The largest absolute Gasteiger partial charge is 0.491 e. The molecule has 0 saturated carbocycles. The van der Waals surface area contributed by atoms with Crippen LogP contribution in [0.4, 0.5) is 0 Å². The highest BCUT2D eigenvalue weighted by Crippen LogP contribution is 2.22. The van der Waals surface area contributed by atoms with Crippen LogP contribution < -0.4 is 10.1 Å². The van der Waals surface area contributed by atoms with Crippen molar-refractivity contribution in [2.24, 2.45) is 0 Å². The molecule has 0 aromatic heterocycles. The van der Waals surface area contributed by atoms with Gasteiger partial charge in [-0.3, -0.25) is 0 Å². The summed E-state index contributed by atoms with van der Waals surface area (Å²) >= 11 is 5.94. The van der Waals surface area contributed by atoms with E-state index < -0.39 is 0 Å². The SMILES string of the molecule is CCOCCNCCOc1ccccc1Cl. The molecule has 0 saturated heterocycles. The van der Waals surface area contributed by atoms with Crippen LogP contribution in [0.2, 0.25) is 5.02 Å². The summed E-state index contributed by atoms with van der Waals surface area (Å²) in [5.74, 6) is 0.732. The standard InChI is InChI=1S/C12H18ClNO2/c1-2-15-9-7-14-8-10-16-12-6-4-3-5-11(12)13/h3-6,14H,2,7-10H2,1H3. The van der Waals surface area contributed by atoms with E-state index >= 15 is 0 Å². The van der Waals surface area contributed by atoms with Gasteiger partial charge in [-0.2, -0.15) is 0 Å². The highest BCUT2D eigenvalue weighted by molar-refractivity contribution is 6.32. The van der Waals surface area contributed by atoms with Gasteiger partial charge >= 0.3 is 0 Å². The second-order valence-electron chi connectivity index (χ2n) is 3.23. The molecule has 0 amide bonds. The summed E-state index contributed by atoms with van der Waals surface area (Å²) in [5, 5.41) is 3.87. The van der Waals surface area contributed by atoms with Gasteiger partial charge in [0.2, 0.25) is 0 Å². The number of halogens is 1. The van der Waals surface area contributed by atoms with E-state index in [-0.39, 0.29) is 0 Å². The Bertz CT molecular complexity index is 294. The van der Waals surface area contributed by atoms with E-state index in [4.69, 9.17) is 21.1 Å². The van der Waals surface area contributed by atoms with Gasteiger partial charge in [-0.25, -0.2) is 0 Å². The zero-order valence-corrected chi connectivity index (χ0v) is 10.3. The molecule has 0 bridgehead atoms. The molecule has 0 aliphatic carbocycles. The first kappa shape index (κ1) is 13.3. The van der Waals surface area contributed by atoms with Gasteiger partial charge in [0.05, 0.1) is 11.6 Å². The van der Waals surface area contributed by atoms with Crippen LogP contribution in [0.25, 0.3) is 0 Å². The highest BCUT2D eigenvalue weighted by atomic mass is 35.5. The van der Waals surface area contributed by atoms with E-state index in [9.17, 15) is 0 Å². The van der Waals surface area contributed by atoms with Crippen molar-refractivity contribution in [1.29, 1.82) is 0 Å². The molecule has 16 heavy (non-hydrogen) atoms. The maximum absolute atomic E-state index is 5.94. The Labute approximate surface area is 102 Å². The quantitative estimate of drug-likeness (QED) is 0.711. The number of benzene rings is 1. The van der Waals surface area contributed by atoms with E-state index in [1.54, 1.807) is 0 Å². The lowest BCUT2D eigenvalue weighted by molar-refractivity contribution is 0.148. The van der Waals surface area contributed by atoms with Gasteiger partial charge in [0.15, 0.2) is 0 Å². The average Bonchev–Trinajstić information content (AvgIpc) is 2.30. The van der Waals surface area contributed by atoms with Crippen molar-refractivity contribution in [2.75, 3.05) is 32.9 Å². The predicted octanol–water partition coefficient (Wildman–Crippen LogP) is 2.34. The lowest BCUT2D eigenvalue weighted by Gasteiger charge is -2.08. The van der Waals surface area contributed by atoms with Crippen LogP contribution in [0.5, 0.6) is 5.75 Å². The number of ether oxygens (including phenoxy) is 2. The van der Waals surface area contributed by atoms with E-state index in [0.717, 1.165) is 32.1 Å². The van der Waals surface area contributed by atoms with Crippen molar-refractivity contribution < 1.29 is 9.47 Å². The van der Waals surface area contributed by atoms with Crippen LogP contribution in [0, 0.1) is 0 Å². The Balaban J connectivity index is 2.05. The molecule has 1 rings (SSSR count). The Morgan fingerprint density at radius 3 is 2.69 bits per heavy atom. The second-order valence-corrected chi connectivity index (χ2v) is 3.63. The van der Waals surface area contributed by atoms with Crippen LogP contribution in [-0.2, 0) is 4.74 Å². The average molecular weight is 244 g/mol. The predicted molar refractivity (Wildman–Crippen MR) is 66.3 cm³/mol. The monoisotopic (exact) mass is 243 g/mol. The number of hydrogen-bond acceptors (Lipinski definition) is 3.